The number of aromatic nitrogens is 1. The molecule has 4 bridgehead atoms. The zero-order valence-electron chi connectivity index (χ0n) is 15.5. The Morgan fingerprint density at radius 1 is 1.11 bits per heavy atom. The van der Waals surface area contributed by atoms with Crippen molar-refractivity contribution >= 4 is 17.5 Å². The summed E-state index contributed by atoms with van der Waals surface area (Å²) < 4.78 is 0. The van der Waals surface area contributed by atoms with Gasteiger partial charge in [-0.3, -0.25) is 4.79 Å². The minimum absolute atomic E-state index is 0.197. The van der Waals surface area contributed by atoms with Gasteiger partial charge in [-0.05, 0) is 79.0 Å². The maximum Gasteiger partial charge on any atom is 0.226 e. The molecule has 3 nitrogen and oxygen atoms in total. The van der Waals surface area contributed by atoms with Gasteiger partial charge in [-0.1, -0.05) is 41.9 Å². The van der Waals surface area contributed by atoms with Crippen molar-refractivity contribution in [2.45, 2.75) is 50.5 Å². The third-order valence-electron chi connectivity index (χ3n) is 7.17. The van der Waals surface area contributed by atoms with Gasteiger partial charge in [0.25, 0.3) is 0 Å². The van der Waals surface area contributed by atoms with Gasteiger partial charge in [-0.15, -0.1) is 0 Å². The third kappa shape index (κ3) is 2.97. The minimum Gasteiger partial charge on any atom is -0.352 e. The predicted octanol–water partition coefficient (Wildman–Crippen LogP) is 4.89. The van der Waals surface area contributed by atoms with Gasteiger partial charge in [-0.2, -0.15) is 0 Å². The van der Waals surface area contributed by atoms with Crippen LogP contribution in [0.15, 0.2) is 48.7 Å². The number of amides is 1. The summed E-state index contributed by atoms with van der Waals surface area (Å²) >= 11 is 5.98. The largest absolute Gasteiger partial charge is 0.352 e. The van der Waals surface area contributed by atoms with Gasteiger partial charge in [0.2, 0.25) is 5.91 Å². The summed E-state index contributed by atoms with van der Waals surface area (Å²) in [6.45, 7) is 0.524. The lowest BCUT2D eigenvalue weighted by Crippen LogP contribution is -2.59. The number of pyridine rings is 1. The highest BCUT2D eigenvalue weighted by Crippen LogP contribution is 2.65. The van der Waals surface area contributed by atoms with Crippen LogP contribution in [0.5, 0.6) is 0 Å². The first-order valence-electron chi connectivity index (χ1n) is 10.0. The number of rotatable bonds is 4. The molecule has 4 saturated carbocycles. The monoisotopic (exact) mass is 380 g/mol. The molecule has 140 valence electrons. The molecule has 2 unspecified atom stereocenters. The van der Waals surface area contributed by atoms with E-state index in [0.29, 0.717) is 23.5 Å². The molecule has 4 fully saturated rings. The number of carbonyl (C=O) groups excluding carboxylic acids is 1. The molecule has 4 aliphatic carbocycles. The molecule has 0 spiro atoms. The Labute approximate surface area is 165 Å². The van der Waals surface area contributed by atoms with E-state index in [1.807, 2.05) is 12.1 Å². The van der Waals surface area contributed by atoms with Gasteiger partial charge in [0, 0.05) is 12.7 Å². The Balaban J connectivity index is 1.39. The molecule has 0 radical (unpaired) electrons. The van der Waals surface area contributed by atoms with Crippen molar-refractivity contribution < 1.29 is 4.79 Å². The number of hydrogen-bond donors (Lipinski definition) is 1. The van der Waals surface area contributed by atoms with Crippen molar-refractivity contribution in [1.82, 2.24) is 10.3 Å². The fourth-order valence-electron chi connectivity index (χ4n) is 6.58. The van der Waals surface area contributed by atoms with Crippen LogP contribution in [0.1, 0.15) is 49.7 Å². The van der Waals surface area contributed by atoms with Gasteiger partial charge in [0.1, 0.15) is 5.15 Å². The summed E-state index contributed by atoms with van der Waals surface area (Å²) in [7, 11) is 0. The molecule has 4 aliphatic rings. The van der Waals surface area contributed by atoms with E-state index in [1.165, 1.54) is 24.8 Å². The first-order valence-corrected chi connectivity index (χ1v) is 10.4. The van der Waals surface area contributed by atoms with E-state index in [2.05, 4.69) is 40.6 Å². The van der Waals surface area contributed by atoms with E-state index in [4.69, 9.17) is 11.6 Å². The summed E-state index contributed by atoms with van der Waals surface area (Å²) in [5.74, 6) is 1.62. The predicted molar refractivity (Wildman–Crippen MR) is 106 cm³/mol. The zero-order chi connectivity index (χ0) is 18.5. The van der Waals surface area contributed by atoms with Crippen LogP contribution in [-0.4, -0.2) is 10.9 Å². The smallest absolute Gasteiger partial charge is 0.226 e. The second kappa shape index (κ2) is 6.34. The van der Waals surface area contributed by atoms with Crippen molar-refractivity contribution in [3.63, 3.8) is 0 Å². The maximum absolute atomic E-state index is 13.4. The quantitative estimate of drug-likeness (QED) is 0.767. The lowest BCUT2D eigenvalue weighted by Gasteiger charge is -2.61. The number of nitrogens with one attached hydrogen (secondary N) is 1. The molecule has 2 aromatic rings. The van der Waals surface area contributed by atoms with Crippen LogP contribution in [0.25, 0.3) is 0 Å². The van der Waals surface area contributed by atoms with Gasteiger partial charge in [0.15, 0.2) is 0 Å². The Bertz CT molecular complexity index is 852. The first kappa shape index (κ1) is 17.2. The molecule has 1 N–H and O–H groups in total. The Morgan fingerprint density at radius 2 is 1.85 bits per heavy atom. The summed E-state index contributed by atoms with van der Waals surface area (Å²) in [6.07, 6.45) is 8.62. The number of carbonyl (C=O) groups is 1. The first-order chi connectivity index (χ1) is 13.1. The van der Waals surface area contributed by atoms with E-state index in [-0.39, 0.29) is 16.7 Å². The highest BCUT2D eigenvalue weighted by molar-refractivity contribution is 6.29. The third-order valence-corrected chi connectivity index (χ3v) is 7.38. The Kier molecular flexibility index (Phi) is 4.05. The molecule has 6 rings (SSSR count). The van der Waals surface area contributed by atoms with Crippen LogP contribution in [0.4, 0.5) is 0 Å². The second-order valence-electron chi connectivity index (χ2n) is 9.06. The molecular formula is C23H25ClN2O. The van der Waals surface area contributed by atoms with Crippen molar-refractivity contribution in [3.8, 4) is 0 Å². The highest BCUT2D eigenvalue weighted by Gasteiger charge is 2.60. The van der Waals surface area contributed by atoms with Gasteiger partial charge < -0.3 is 5.32 Å². The van der Waals surface area contributed by atoms with E-state index in [0.717, 1.165) is 24.8 Å². The second-order valence-corrected chi connectivity index (χ2v) is 9.44. The van der Waals surface area contributed by atoms with Crippen LogP contribution >= 0.6 is 11.6 Å². The molecule has 27 heavy (non-hydrogen) atoms. The van der Waals surface area contributed by atoms with E-state index in [1.54, 1.807) is 6.20 Å². The SMILES string of the molecule is O=C(NCc1ccnc(Cl)c1)C12CC3CC(C1)CC(c1ccccc1)(C3)C2. The van der Waals surface area contributed by atoms with Crippen molar-refractivity contribution in [2.24, 2.45) is 17.3 Å². The molecule has 1 aromatic heterocycles. The van der Waals surface area contributed by atoms with Gasteiger partial charge >= 0.3 is 0 Å². The molecule has 2 atom stereocenters. The summed E-state index contributed by atoms with van der Waals surface area (Å²) in [5.41, 5.74) is 2.45. The number of benzene rings is 1. The van der Waals surface area contributed by atoms with Crippen LogP contribution < -0.4 is 5.32 Å². The average Bonchev–Trinajstić information content (AvgIpc) is 2.66. The van der Waals surface area contributed by atoms with Crippen LogP contribution in [0.3, 0.4) is 0 Å². The van der Waals surface area contributed by atoms with Crippen LogP contribution in [-0.2, 0) is 16.8 Å². The van der Waals surface area contributed by atoms with Crippen molar-refractivity contribution in [1.29, 1.82) is 0 Å². The number of hydrogen-bond acceptors (Lipinski definition) is 2. The summed E-state index contributed by atoms with van der Waals surface area (Å²) in [6, 6.07) is 14.7. The molecule has 0 aliphatic heterocycles. The Morgan fingerprint density at radius 3 is 2.56 bits per heavy atom. The van der Waals surface area contributed by atoms with Crippen molar-refractivity contribution in [3.05, 3.63) is 64.9 Å². The maximum atomic E-state index is 13.4. The highest BCUT2D eigenvalue weighted by atomic mass is 35.5. The standard InChI is InChI=1S/C23H25ClN2O/c24-20-9-16(6-7-25-20)14-26-21(27)23-12-17-8-18(13-23)11-22(10-17,15-23)19-4-2-1-3-5-19/h1-7,9,17-18H,8,10-15H2,(H,26,27). The van der Waals surface area contributed by atoms with Gasteiger partial charge in [0.05, 0.1) is 5.41 Å². The van der Waals surface area contributed by atoms with Gasteiger partial charge in [-0.25, -0.2) is 4.98 Å². The molecule has 4 heteroatoms. The number of halogens is 1. The van der Waals surface area contributed by atoms with E-state index in [9.17, 15) is 4.79 Å². The van der Waals surface area contributed by atoms with Crippen LogP contribution in [0.2, 0.25) is 5.15 Å². The van der Waals surface area contributed by atoms with E-state index < -0.39 is 0 Å². The van der Waals surface area contributed by atoms with Crippen molar-refractivity contribution in [2.75, 3.05) is 0 Å². The van der Waals surface area contributed by atoms with E-state index >= 15 is 0 Å². The van der Waals surface area contributed by atoms with Crippen LogP contribution in [0, 0.1) is 17.3 Å². The Hall–Kier alpha value is -1.87. The summed E-state index contributed by atoms with van der Waals surface area (Å²) in [5, 5.41) is 3.70. The topological polar surface area (TPSA) is 42.0 Å². The minimum atomic E-state index is -0.198. The molecule has 0 saturated heterocycles. The average molecular weight is 381 g/mol. The molecule has 1 heterocycles. The normalized spacial score (nSPS) is 33.8. The lowest BCUT2D eigenvalue weighted by molar-refractivity contribution is -0.149. The number of nitrogens with zero attached hydrogens (tertiary/aromatic N) is 1. The molecule has 1 aromatic carbocycles. The fourth-order valence-corrected chi connectivity index (χ4v) is 6.78. The zero-order valence-corrected chi connectivity index (χ0v) is 16.2. The molecular weight excluding hydrogens is 356 g/mol. The molecule has 1 amide bonds. The summed E-state index contributed by atoms with van der Waals surface area (Å²) in [4.78, 5) is 17.4. The fraction of sp³-hybridized carbons (Fsp3) is 0.478. The lowest BCUT2D eigenvalue weighted by atomic mass is 9.42.